The molecule has 0 saturated heterocycles. The van der Waals surface area contributed by atoms with E-state index in [9.17, 15) is 9.18 Å². The predicted molar refractivity (Wildman–Crippen MR) is 102 cm³/mol. The van der Waals surface area contributed by atoms with Crippen LogP contribution in [0, 0.1) is 5.82 Å². The van der Waals surface area contributed by atoms with Gasteiger partial charge < -0.3 is 20.7 Å². The fourth-order valence-corrected chi connectivity index (χ4v) is 3.11. The van der Waals surface area contributed by atoms with Gasteiger partial charge in [-0.2, -0.15) is 0 Å². The second-order valence-electron chi connectivity index (χ2n) is 5.78. The van der Waals surface area contributed by atoms with Gasteiger partial charge in [-0.15, -0.1) is 0 Å². The molecule has 134 valence electrons. The zero-order valence-corrected chi connectivity index (χ0v) is 15.1. The first-order chi connectivity index (χ1) is 12.5. The Bertz CT molecular complexity index is 898. The summed E-state index contributed by atoms with van der Waals surface area (Å²) in [5.74, 6) is -0.138. The molecule has 26 heavy (non-hydrogen) atoms. The Morgan fingerprint density at radius 2 is 2.00 bits per heavy atom. The van der Waals surface area contributed by atoms with Crippen LogP contribution in [0.5, 0.6) is 5.75 Å². The maximum Gasteiger partial charge on any atom is 0.255 e. The van der Waals surface area contributed by atoms with E-state index < -0.39 is 11.9 Å². The molecule has 2 aromatic rings. The molecule has 1 atom stereocenters. The van der Waals surface area contributed by atoms with Crippen LogP contribution in [0.3, 0.4) is 0 Å². The molecular weight excluding hydrogens is 353 g/mol. The lowest BCUT2D eigenvalue weighted by molar-refractivity contribution is -0.113. The highest BCUT2D eigenvalue weighted by atomic mass is 32.1. The quantitative estimate of drug-likeness (QED) is 0.720. The van der Waals surface area contributed by atoms with Gasteiger partial charge in [0, 0.05) is 23.0 Å². The molecule has 1 amide bonds. The number of carbonyl (C=O) groups excluding carboxylic acids is 1. The monoisotopic (exact) mass is 371 g/mol. The SMILES string of the molecule is COc1cccc(NC(=O)C2=C(C)NC(=S)N[C@@H]2c2ccccc2F)c1. The summed E-state index contributed by atoms with van der Waals surface area (Å²) in [4.78, 5) is 12.9. The van der Waals surface area contributed by atoms with Crippen molar-refractivity contribution in [3.8, 4) is 5.75 Å². The van der Waals surface area contributed by atoms with Gasteiger partial charge in [0.15, 0.2) is 5.11 Å². The van der Waals surface area contributed by atoms with Gasteiger partial charge in [0.25, 0.3) is 5.91 Å². The summed E-state index contributed by atoms with van der Waals surface area (Å²) in [7, 11) is 1.55. The number of rotatable bonds is 4. The zero-order valence-electron chi connectivity index (χ0n) is 14.3. The highest BCUT2D eigenvalue weighted by molar-refractivity contribution is 7.80. The predicted octanol–water partition coefficient (Wildman–Crippen LogP) is 3.27. The van der Waals surface area contributed by atoms with Crippen LogP contribution in [0.15, 0.2) is 59.8 Å². The van der Waals surface area contributed by atoms with Crippen molar-refractivity contribution in [1.82, 2.24) is 10.6 Å². The Hall–Kier alpha value is -2.93. The highest BCUT2D eigenvalue weighted by Gasteiger charge is 2.31. The Labute approximate surface area is 156 Å². The molecule has 0 radical (unpaired) electrons. The molecule has 0 aromatic heterocycles. The molecule has 0 spiro atoms. The lowest BCUT2D eigenvalue weighted by atomic mass is 9.94. The normalized spacial score (nSPS) is 16.6. The van der Waals surface area contributed by atoms with Crippen LogP contribution in [0.25, 0.3) is 0 Å². The smallest absolute Gasteiger partial charge is 0.255 e. The van der Waals surface area contributed by atoms with Crippen LogP contribution in [0.2, 0.25) is 0 Å². The molecule has 0 aliphatic carbocycles. The molecule has 0 bridgehead atoms. The first kappa shape index (κ1) is 17.9. The second-order valence-corrected chi connectivity index (χ2v) is 6.19. The van der Waals surface area contributed by atoms with Crippen molar-refractivity contribution in [1.29, 1.82) is 0 Å². The molecular formula is C19H18FN3O2S. The van der Waals surface area contributed by atoms with Crippen LogP contribution < -0.4 is 20.7 Å². The third-order valence-electron chi connectivity index (χ3n) is 4.06. The third kappa shape index (κ3) is 3.67. The van der Waals surface area contributed by atoms with Crippen LogP contribution in [0.4, 0.5) is 10.1 Å². The van der Waals surface area contributed by atoms with E-state index in [1.807, 2.05) is 0 Å². The number of methoxy groups -OCH3 is 1. The van der Waals surface area contributed by atoms with E-state index in [2.05, 4.69) is 16.0 Å². The van der Waals surface area contributed by atoms with Crippen LogP contribution >= 0.6 is 12.2 Å². The first-order valence-electron chi connectivity index (χ1n) is 7.97. The highest BCUT2D eigenvalue weighted by Crippen LogP contribution is 2.29. The number of ether oxygens (including phenoxy) is 1. The summed E-state index contributed by atoms with van der Waals surface area (Å²) in [5, 5.41) is 9.08. The number of hydrogen-bond acceptors (Lipinski definition) is 3. The number of hydrogen-bond donors (Lipinski definition) is 3. The second kappa shape index (κ2) is 7.53. The average Bonchev–Trinajstić information content (AvgIpc) is 2.61. The lowest BCUT2D eigenvalue weighted by Gasteiger charge is -2.30. The number of nitrogens with one attached hydrogen (secondary N) is 3. The van der Waals surface area contributed by atoms with Gasteiger partial charge in [0.05, 0.1) is 18.7 Å². The van der Waals surface area contributed by atoms with Crippen molar-refractivity contribution in [3.63, 3.8) is 0 Å². The molecule has 7 heteroatoms. The van der Waals surface area contributed by atoms with Crippen LogP contribution in [-0.2, 0) is 4.79 Å². The van der Waals surface area contributed by atoms with E-state index >= 15 is 0 Å². The van der Waals surface area contributed by atoms with E-state index in [0.717, 1.165) is 0 Å². The summed E-state index contributed by atoms with van der Waals surface area (Å²) >= 11 is 5.18. The number of carbonyl (C=O) groups is 1. The van der Waals surface area contributed by atoms with Crippen molar-refractivity contribution in [2.75, 3.05) is 12.4 Å². The van der Waals surface area contributed by atoms with Gasteiger partial charge in [-0.05, 0) is 37.3 Å². The van der Waals surface area contributed by atoms with Crippen molar-refractivity contribution in [2.45, 2.75) is 13.0 Å². The number of allylic oxidation sites excluding steroid dienone is 1. The Morgan fingerprint density at radius 3 is 2.73 bits per heavy atom. The molecule has 3 N–H and O–H groups in total. The fraction of sp³-hybridized carbons (Fsp3) is 0.158. The van der Waals surface area contributed by atoms with Gasteiger partial charge >= 0.3 is 0 Å². The van der Waals surface area contributed by atoms with E-state index in [-0.39, 0.29) is 5.91 Å². The van der Waals surface area contributed by atoms with Crippen LogP contribution in [0.1, 0.15) is 18.5 Å². The van der Waals surface area contributed by atoms with Gasteiger partial charge in [-0.25, -0.2) is 4.39 Å². The van der Waals surface area contributed by atoms with Crippen molar-refractivity contribution in [3.05, 3.63) is 71.2 Å². The molecule has 0 unspecified atom stereocenters. The zero-order chi connectivity index (χ0) is 18.7. The minimum atomic E-state index is -0.685. The lowest BCUT2D eigenvalue weighted by Crippen LogP contribution is -2.46. The van der Waals surface area contributed by atoms with Crippen molar-refractivity contribution in [2.24, 2.45) is 0 Å². The Balaban J connectivity index is 1.95. The summed E-state index contributed by atoms with van der Waals surface area (Å²) in [6, 6.07) is 12.6. The van der Waals surface area contributed by atoms with Gasteiger partial charge in [0.2, 0.25) is 0 Å². The molecule has 1 heterocycles. The number of benzene rings is 2. The summed E-state index contributed by atoms with van der Waals surface area (Å²) < 4.78 is 19.5. The largest absolute Gasteiger partial charge is 0.497 e. The average molecular weight is 371 g/mol. The minimum absolute atomic E-state index is 0.341. The molecule has 3 rings (SSSR count). The molecule has 2 aromatic carbocycles. The minimum Gasteiger partial charge on any atom is -0.497 e. The van der Waals surface area contributed by atoms with E-state index in [0.29, 0.717) is 33.4 Å². The number of thiocarbonyl (C=S) groups is 1. The van der Waals surface area contributed by atoms with E-state index in [1.165, 1.54) is 6.07 Å². The summed E-state index contributed by atoms with van der Waals surface area (Å²) in [6.07, 6.45) is 0. The van der Waals surface area contributed by atoms with E-state index in [4.69, 9.17) is 17.0 Å². The summed E-state index contributed by atoms with van der Waals surface area (Å²) in [5.41, 5.74) is 1.87. The fourth-order valence-electron chi connectivity index (χ4n) is 2.84. The molecule has 5 nitrogen and oxygen atoms in total. The molecule has 1 aliphatic heterocycles. The number of amides is 1. The van der Waals surface area contributed by atoms with Crippen molar-refractivity contribution >= 4 is 28.9 Å². The maximum atomic E-state index is 14.3. The van der Waals surface area contributed by atoms with E-state index in [1.54, 1.807) is 56.5 Å². The van der Waals surface area contributed by atoms with Gasteiger partial charge in [0.1, 0.15) is 11.6 Å². The Kier molecular flexibility index (Phi) is 5.18. The standard InChI is InChI=1S/C19H18FN3O2S/c1-11-16(18(24)22-12-6-5-7-13(10-12)25-2)17(23-19(26)21-11)14-8-3-4-9-15(14)20/h3-10,17H,1-2H3,(H,22,24)(H2,21,23,26)/t17-/m1/s1. The topological polar surface area (TPSA) is 62.4 Å². The third-order valence-corrected chi connectivity index (χ3v) is 4.28. The van der Waals surface area contributed by atoms with Crippen molar-refractivity contribution < 1.29 is 13.9 Å². The maximum absolute atomic E-state index is 14.3. The van der Waals surface area contributed by atoms with Crippen LogP contribution in [-0.4, -0.2) is 18.1 Å². The summed E-state index contributed by atoms with van der Waals surface area (Å²) in [6.45, 7) is 1.74. The molecule has 1 aliphatic rings. The van der Waals surface area contributed by atoms with Gasteiger partial charge in [-0.1, -0.05) is 24.3 Å². The molecule has 0 fully saturated rings. The number of halogens is 1. The number of anilines is 1. The molecule has 0 saturated carbocycles. The Morgan fingerprint density at radius 1 is 1.23 bits per heavy atom. The first-order valence-corrected chi connectivity index (χ1v) is 8.38. The van der Waals surface area contributed by atoms with Gasteiger partial charge in [-0.3, -0.25) is 4.79 Å².